The highest BCUT2D eigenvalue weighted by Gasteiger charge is 2.16. The third-order valence-electron chi connectivity index (χ3n) is 3.20. The molecule has 0 fully saturated rings. The van der Waals surface area contributed by atoms with Crippen molar-refractivity contribution in [2.45, 2.75) is 32.6 Å². The van der Waals surface area contributed by atoms with Crippen LogP contribution in [0.5, 0.6) is 0 Å². The lowest BCUT2D eigenvalue weighted by Crippen LogP contribution is -1.96. The molecular weight excluding hydrogens is 232 g/mol. The first kappa shape index (κ1) is 12.3. The molecule has 0 aliphatic rings. The van der Waals surface area contributed by atoms with Gasteiger partial charge < -0.3 is 4.42 Å². The van der Waals surface area contributed by atoms with Crippen LogP contribution in [0.3, 0.4) is 0 Å². The third kappa shape index (κ3) is 2.39. The van der Waals surface area contributed by atoms with E-state index in [0.29, 0.717) is 0 Å². The van der Waals surface area contributed by atoms with Crippen LogP contribution >= 0.6 is 11.6 Å². The maximum Gasteiger partial charge on any atom is 0.108 e. The van der Waals surface area contributed by atoms with Crippen molar-refractivity contribution in [3.8, 4) is 0 Å². The Balaban J connectivity index is 2.36. The molecule has 0 saturated carbocycles. The number of furan rings is 1. The summed E-state index contributed by atoms with van der Waals surface area (Å²) in [5, 5.41) is -0.122. The lowest BCUT2D eigenvalue weighted by molar-refractivity contribution is 0.512. The molecule has 0 aliphatic carbocycles. The van der Waals surface area contributed by atoms with Crippen LogP contribution in [0.4, 0.5) is 0 Å². The molecule has 0 radical (unpaired) electrons. The molecule has 0 N–H and O–H groups in total. The molecule has 0 bridgehead atoms. The number of halogens is 1. The SMILES string of the molecule is CCc1occc1C(Cl)c1ccc(C)c(C)c1. The van der Waals surface area contributed by atoms with Crippen LogP contribution < -0.4 is 0 Å². The van der Waals surface area contributed by atoms with Gasteiger partial charge in [0.15, 0.2) is 0 Å². The van der Waals surface area contributed by atoms with Crippen LogP contribution in [0.1, 0.15) is 40.3 Å². The second-order valence-electron chi connectivity index (χ2n) is 4.36. The fraction of sp³-hybridized carbons (Fsp3) is 0.333. The summed E-state index contributed by atoms with van der Waals surface area (Å²) in [6.45, 7) is 6.29. The van der Waals surface area contributed by atoms with Crippen molar-refractivity contribution in [1.29, 1.82) is 0 Å². The first-order valence-electron chi connectivity index (χ1n) is 5.91. The lowest BCUT2D eigenvalue weighted by atomic mass is 10.00. The zero-order chi connectivity index (χ0) is 12.4. The Hall–Kier alpha value is -1.21. The van der Waals surface area contributed by atoms with Crippen molar-refractivity contribution in [2.24, 2.45) is 0 Å². The van der Waals surface area contributed by atoms with Gasteiger partial charge in [-0.05, 0) is 36.6 Å². The zero-order valence-electron chi connectivity index (χ0n) is 10.5. The van der Waals surface area contributed by atoms with E-state index in [9.17, 15) is 0 Å². The van der Waals surface area contributed by atoms with Gasteiger partial charge in [-0.25, -0.2) is 0 Å². The summed E-state index contributed by atoms with van der Waals surface area (Å²) < 4.78 is 5.43. The van der Waals surface area contributed by atoms with E-state index in [-0.39, 0.29) is 5.38 Å². The average Bonchev–Trinajstić information content (AvgIpc) is 2.80. The number of hydrogen-bond donors (Lipinski definition) is 0. The van der Waals surface area contributed by atoms with Gasteiger partial charge in [-0.3, -0.25) is 0 Å². The second kappa shape index (κ2) is 4.97. The predicted molar refractivity (Wildman–Crippen MR) is 71.7 cm³/mol. The van der Waals surface area contributed by atoms with E-state index in [1.807, 2.05) is 6.07 Å². The molecule has 1 heterocycles. The summed E-state index contributed by atoms with van der Waals surface area (Å²) in [5.41, 5.74) is 4.78. The van der Waals surface area contributed by atoms with Gasteiger partial charge in [-0.15, -0.1) is 11.6 Å². The minimum atomic E-state index is -0.122. The van der Waals surface area contributed by atoms with Crippen LogP contribution in [0, 0.1) is 13.8 Å². The van der Waals surface area contributed by atoms with Crippen LogP contribution in [-0.4, -0.2) is 0 Å². The molecule has 1 nitrogen and oxygen atoms in total. The summed E-state index contributed by atoms with van der Waals surface area (Å²) in [6, 6.07) is 8.32. The van der Waals surface area contributed by atoms with Gasteiger partial charge in [0.05, 0.1) is 11.6 Å². The summed E-state index contributed by atoms with van der Waals surface area (Å²) in [7, 11) is 0. The van der Waals surface area contributed by atoms with Crippen molar-refractivity contribution < 1.29 is 4.42 Å². The molecular formula is C15H17ClO. The molecule has 2 heteroatoms. The average molecular weight is 249 g/mol. The highest BCUT2D eigenvalue weighted by molar-refractivity contribution is 6.22. The molecule has 1 aromatic heterocycles. The number of benzene rings is 1. The van der Waals surface area contributed by atoms with E-state index in [2.05, 4.69) is 39.0 Å². The van der Waals surface area contributed by atoms with Crippen molar-refractivity contribution in [1.82, 2.24) is 0 Å². The normalized spacial score (nSPS) is 12.7. The van der Waals surface area contributed by atoms with Crippen molar-refractivity contribution in [3.63, 3.8) is 0 Å². The van der Waals surface area contributed by atoms with Gasteiger partial charge in [0, 0.05) is 12.0 Å². The van der Waals surface area contributed by atoms with Crippen molar-refractivity contribution >= 4 is 11.6 Å². The molecule has 1 atom stereocenters. The minimum absolute atomic E-state index is 0.122. The molecule has 2 rings (SSSR count). The maximum absolute atomic E-state index is 6.52. The fourth-order valence-corrected chi connectivity index (χ4v) is 2.30. The Bertz CT molecular complexity index is 513. The summed E-state index contributed by atoms with van der Waals surface area (Å²) in [6.07, 6.45) is 2.58. The molecule has 0 spiro atoms. The summed E-state index contributed by atoms with van der Waals surface area (Å²) in [5.74, 6) is 0.975. The van der Waals surface area contributed by atoms with Crippen LogP contribution in [0.15, 0.2) is 34.9 Å². The standard InChI is InChI=1S/C15H17ClO/c1-4-14-13(7-8-17-14)15(16)12-6-5-10(2)11(3)9-12/h5-9,15H,4H2,1-3H3. The van der Waals surface area contributed by atoms with Gasteiger partial charge in [0.2, 0.25) is 0 Å². The zero-order valence-corrected chi connectivity index (χ0v) is 11.2. The maximum atomic E-state index is 6.52. The molecule has 0 aliphatic heterocycles. The highest BCUT2D eigenvalue weighted by atomic mass is 35.5. The van der Waals surface area contributed by atoms with Crippen molar-refractivity contribution in [2.75, 3.05) is 0 Å². The van der Waals surface area contributed by atoms with E-state index in [4.69, 9.17) is 16.0 Å². The first-order valence-corrected chi connectivity index (χ1v) is 6.34. The summed E-state index contributed by atoms with van der Waals surface area (Å²) >= 11 is 6.52. The lowest BCUT2D eigenvalue weighted by Gasteiger charge is -2.11. The Morgan fingerprint density at radius 1 is 1.18 bits per heavy atom. The quantitative estimate of drug-likeness (QED) is 0.712. The van der Waals surface area contributed by atoms with Gasteiger partial charge in [0.1, 0.15) is 5.76 Å². The Morgan fingerprint density at radius 3 is 2.59 bits per heavy atom. The van der Waals surface area contributed by atoms with E-state index in [0.717, 1.165) is 23.3 Å². The summed E-state index contributed by atoms with van der Waals surface area (Å²) in [4.78, 5) is 0. The van der Waals surface area contributed by atoms with E-state index in [1.54, 1.807) is 6.26 Å². The van der Waals surface area contributed by atoms with Gasteiger partial charge in [-0.2, -0.15) is 0 Å². The van der Waals surface area contributed by atoms with E-state index in [1.165, 1.54) is 11.1 Å². The number of rotatable bonds is 3. The molecule has 0 saturated heterocycles. The molecule has 17 heavy (non-hydrogen) atoms. The Morgan fingerprint density at radius 2 is 1.94 bits per heavy atom. The topological polar surface area (TPSA) is 13.1 Å². The van der Waals surface area contributed by atoms with Gasteiger partial charge in [-0.1, -0.05) is 25.1 Å². The van der Waals surface area contributed by atoms with E-state index < -0.39 is 0 Å². The molecule has 1 unspecified atom stereocenters. The van der Waals surface area contributed by atoms with Gasteiger partial charge in [0.25, 0.3) is 0 Å². The molecule has 1 aromatic carbocycles. The largest absolute Gasteiger partial charge is 0.469 e. The molecule has 0 amide bonds. The smallest absolute Gasteiger partial charge is 0.108 e. The molecule has 90 valence electrons. The third-order valence-corrected chi connectivity index (χ3v) is 3.68. The Labute approximate surface area is 107 Å². The van der Waals surface area contributed by atoms with Crippen LogP contribution in [0.25, 0.3) is 0 Å². The number of aryl methyl sites for hydroxylation is 3. The van der Waals surface area contributed by atoms with Crippen LogP contribution in [0.2, 0.25) is 0 Å². The predicted octanol–water partition coefficient (Wildman–Crippen LogP) is 4.79. The van der Waals surface area contributed by atoms with E-state index >= 15 is 0 Å². The minimum Gasteiger partial charge on any atom is -0.469 e. The molecule has 2 aromatic rings. The first-order chi connectivity index (χ1) is 8.13. The number of hydrogen-bond acceptors (Lipinski definition) is 1. The van der Waals surface area contributed by atoms with Gasteiger partial charge >= 0.3 is 0 Å². The van der Waals surface area contributed by atoms with Crippen LogP contribution in [-0.2, 0) is 6.42 Å². The van der Waals surface area contributed by atoms with Crippen molar-refractivity contribution in [3.05, 3.63) is 58.5 Å². The Kier molecular flexibility index (Phi) is 3.58. The number of alkyl halides is 1. The second-order valence-corrected chi connectivity index (χ2v) is 4.80. The monoisotopic (exact) mass is 248 g/mol. The highest BCUT2D eigenvalue weighted by Crippen LogP contribution is 2.32. The fourth-order valence-electron chi connectivity index (χ4n) is 1.97.